The summed E-state index contributed by atoms with van der Waals surface area (Å²) >= 11 is 6.96. The Balaban J connectivity index is 1.41. The van der Waals surface area contributed by atoms with Gasteiger partial charge >= 0.3 is 0 Å². The second-order valence-electron chi connectivity index (χ2n) is 10.00. The lowest BCUT2D eigenvalue weighted by Gasteiger charge is -2.24. The van der Waals surface area contributed by atoms with Crippen molar-refractivity contribution in [3.05, 3.63) is 91.1 Å². The predicted octanol–water partition coefficient (Wildman–Crippen LogP) is 7.64. The molecule has 1 aliphatic carbocycles. The Kier molecular flexibility index (Phi) is 7.81. The van der Waals surface area contributed by atoms with Gasteiger partial charge in [0.25, 0.3) is 16.8 Å². The molecule has 1 aliphatic heterocycles. The summed E-state index contributed by atoms with van der Waals surface area (Å²) in [6, 6.07) is 14.5. The van der Waals surface area contributed by atoms with Crippen molar-refractivity contribution in [1.82, 2.24) is 9.47 Å². The number of hydrogen-bond acceptors (Lipinski definition) is 6. The molecule has 0 spiro atoms. The number of hydrogen-bond donors (Lipinski definition) is 1. The largest absolute Gasteiger partial charge is 0.377 e. The maximum absolute atomic E-state index is 13.1. The molecule has 5 rings (SSSR count). The summed E-state index contributed by atoms with van der Waals surface area (Å²) in [4.78, 5) is 38.9. The van der Waals surface area contributed by atoms with Crippen LogP contribution >= 0.6 is 23.4 Å². The van der Waals surface area contributed by atoms with E-state index in [2.05, 4.69) is 5.32 Å². The van der Waals surface area contributed by atoms with Crippen LogP contribution in [0.4, 0.5) is 16.2 Å². The third kappa shape index (κ3) is 5.74. The molecule has 10 heteroatoms. The normalized spacial score (nSPS) is 17.3. The van der Waals surface area contributed by atoms with Gasteiger partial charge in [-0.2, -0.15) is 0 Å². The number of anilines is 1. The molecule has 202 valence electrons. The van der Waals surface area contributed by atoms with Crippen molar-refractivity contribution < 1.29 is 14.5 Å². The van der Waals surface area contributed by atoms with Crippen LogP contribution in [0.25, 0.3) is 11.8 Å². The van der Waals surface area contributed by atoms with Crippen molar-refractivity contribution in [2.45, 2.75) is 58.5 Å². The number of imide groups is 1. The number of nitrogens with zero attached hydrogens (tertiary/aromatic N) is 3. The molecule has 0 bridgehead atoms. The van der Waals surface area contributed by atoms with Crippen molar-refractivity contribution in [2.75, 3.05) is 5.32 Å². The fraction of sp³-hybridized carbons (Fsp3) is 0.310. The number of aryl methyl sites for hydroxylation is 1. The van der Waals surface area contributed by atoms with Crippen LogP contribution in [0, 0.1) is 24.0 Å². The molecule has 0 unspecified atom stereocenters. The summed E-state index contributed by atoms with van der Waals surface area (Å²) in [5.74, 6) is -0.358. The first kappa shape index (κ1) is 27.0. The lowest BCUT2D eigenvalue weighted by molar-refractivity contribution is -0.384. The third-order valence-electron chi connectivity index (χ3n) is 7.26. The van der Waals surface area contributed by atoms with Crippen molar-refractivity contribution in [1.29, 1.82) is 0 Å². The van der Waals surface area contributed by atoms with E-state index in [1.165, 1.54) is 11.3 Å². The van der Waals surface area contributed by atoms with E-state index in [9.17, 15) is 19.7 Å². The average Bonchev–Trinajstić information content (AvgIpc) is 3.33. The summed E-state index contributed by atoms with van der Waals surface area (Å²) in [6.07, 6.45) is 7.23. The molecule has 2 fully saturated rings. The molecule has 2 aliphatic rings. The highest BCUT2D eigenvalue weighted by molar-refractivity contribution is 8.18. The van der Waals surface area contributed by atoms with Crippen LogP contribution in [0.1, 0.15) is 54.6 Å². The van der Waals surface area contributed by atoms with Crippen LogP contribution in [0.5, 0.6) is 0 Å². The molecule has 39 heavy (non-hydrogen) atoms. The molecule has 1 N–H and O–H groups in total. The van der Waals surface area contributed by atoms with Gasteiger partial charge in [0.05, 0.1) is 22.1 Å². The van der Waals surface area contributed by atoms with E-state index >= 15 is 0 Å². The van der Waals surface area contributed by atoms with E-state index in [0.717, 1.165) is 60.0 Å². The first-order valence-electron chi connectivity index (χ1n) is 13.0. The zero-order valence-corrected chi connectivity index (χ0v) is 23.3. The number of thioether (sulfide) groups is 1. The topological polar surface area (TPSA) is 97.5 Å². The van der Waals surface area contributed by atoms with E-state index in [1.54, 1.807) is 36.4 Å². The maximum atomic E-state index is 13.1. The van der Waals surface area contributed by atoms with Crippen molar-refractivity contribution in [3.8, 4) is 5.69 Å². The molecule has 2 heterocycles. The molecule has 0 atom stereocenters. The molecule has 1 saturated carbocycles. The fourth-order valence-corrected chi connectivity index (χ4v) is 6.37. The first-order chi connectivity index (χ1) is 18.7. The Labute approximate surface area is 236 Å². The van der Waals surface area contributed by atoms with E-state index in [1.807, 2.05) is 36.6 Å². The number of aromatic nitrogens is 1. The number of nitro benzene ring substituents is 1. The lowest BCUT2D eigenvalue weighted by atomic mass is 9.95. The fourth-order valence-electron chi connectivity index (χ4n) is 5.33. The van der Waals surface area contributed by atoms with Crippen LogP contribution in [0.3, 0.4) is 0 Å². The second kappa shape index (κ2) is 11.3. The molecule has 8 nitrogen and oxygen atoms in total. The smallest absolute Gasteiger partial charge is 0.294 e. The summed E-state index contributed by atoms with van der Waals surface area (Å²) in [5, 5.41) is 15.5. The van der Waals surface area contributed by atoms with Crippen molar-refractivity contribution in [2.24, 2.45) is 0 Å². The zero-order valence-electron chi connectivity index (χ0n) is 21.8. The van der Waals surface area contributed by atoms with E-state index in [4.69, 9.17) is 11.6 Å². The highest BCUT2D eigenvalue weighted by atomic mass is 35.5. The SMILES string of the molecule is Cc1cc(/C=C2\SC(=O)N(Cc3cccc(Cl)c3)C2=O)c(C)n1-c1ccc(NC2CCCCC2)c([N+](=O)[O-])c1. The minimum Gasteiger partial charge on any atom is -0.377 e. The standard InChI is InChI=1S/C29H29ClN4O4S/c1-18-13-21(15-27-28(35)32(29(36)39-27)17-20-7-6-8-22(30)14-20)19(2)33(18)24-11-12-25(26(16-24)34(37)38)31-23-9-4-3-5-10-23/h6-8,11-16,23,31H,3-5,9-10,17H2,1-2H3/b27-15-. The molecular formula is C29H29ClN4O4S. The molecule has 2 aromatic carbocycles. The lowest BCUT2D eigenvalue weighted by Crippen LogP contribution is -2.27. The van der Waals surface area contributed by atoms with Gasteiger partial charge in [-0.05, 0) is 86.0 Å². The highest BCUT2D eigenvalue weighted by Gasteiger charge is 2.35. The van der Waals surface area contributed by atoms with E-state index < -0.39 is 0 Å². The number of halogens is 1. The van der Waals surface area contributed by atoms with E-state index in [0.29, 0.717) is 21.3 Å². The Bertz CT molecular complexity index is 1490. The molecule has 0 radical (unpaired) electrons. The van der Waals surface area contributed by atoms with Crippen molar-refractivity contribution in [3.63, 3.8) is 0 Å². The number of amides is 2. The van der Waals surface area contributed by atoms with Gasteiger partial charge in [-0.3, -0.25) is 24.6 Å². The van der Waals surface area contributed by atoms with Gasteiger partial charge in [0.2, 0.25) is 0 Å². The summed E-state index contributed by atoms with van der Waals surface area (Å²) in [7, 11) is 0. The van der Waals surface area contributed by atoms with Gasteiger partial charge in [-0.25, -0.2) is 0 Å². The molecule has 2 amide bonds. The van der Waals surface area contributed by atoms with Gasteiger partial charge < -0.3 is 9.88 Å². The number of rotatable bonds is 7. The first-order valence-corrected chi connectivity index (χ1v) is 14.1. The highest BCUT2D eigenvalue weighted by Crippen LogP contribution is 2.36. The Morgan fingerprint density at radius 2 is 1.87 bits per heavy atom. The predicted molar refractivity (Wildman–Crippen MR) is 155 cm³/mol. The van der Waals surface area contributed by atoms with Gasteiger partial charge in [0, 0.05) is 28.5 Å². The zero-order chi connectivity index (χ0) is 27.7. The Morgan fingerprint density at radius 3 is 2.59 bits per heavy atom. The number of nitrogens with one attached hydrogen (secondary N) is 1. The quantitative estimate of drug-likeness (QED) is 0.180. The summed E-state index contributed by atoms with van der Waals surface area (Å²) < 4.78 is 1.93. The van der Waals surface area contributed by atoms with Crippen LogP contribution in [-0.4, -0.2) is 31.6 Å². The van der Waals surface area contributed by atoms with Crippen molar-refractivity contribution >= 4 is 52.0 Å². The van der Waals surface area contributed by atoms with Crippen LogP contribution in [0.15, 0.2) is 53.4 Å². The number of nitro groups is 1. The third-order valence-corrected chi connectivity index (χ3v) is 8.40. The van der Waals surface area contributed by atoms with Crippen LogP contribution < -0.4 is 5.32 Å². The van der Waals surface area contributed by atoms with Gasteiger partial charge in [0.1, 0.15) is 5.69 Å². The second-order valence-corrected chi connectivity index (χ2v) is 11.4. The molecular weight excluding hydrogens is 536 g/mol. The summed E-state index contributed by atoms with van der Waals surface area (Å²) in [5.41, 5.74) is 4.45. The Morgan fingerprint density at radius 1 is 1.10 bits per heavy atom. The number of benzene rings is 2. The minimum atomic E-state index is -0.358. The van der Waals surface area contributed by atoms with Gasteiger partial charge in [-0.1, -0.05) is 43.0 Å². The Hall–Kier alpha value is -3.56. The summed E-state index contributed by atoms with van der Waals surface area (Å²) in [6.45, 7) is 3.96. The molecule has 3 aromatic rings. The molecule has 1 aromatic heterocycles. The molecule has 1 saturated heterocycles. The average molecular weight is 565 g/mol. The number of carbonyl (C=O) groups excluding carboxylic acids is 2. The monoisotopic (exact) mass is 564 g/mol. The van der Waals surface area contributed by atoms with E-state index in [-0.39, 0.29) is 34.3 Å². The number of carbonyl (C=O) groups is 2. The van der Waals surface area contributed by atoms with Gasteiger partial charge in [-0.15, -0.1) is 0 Å². The minimum absolute atomic E-state index is 0.0364. The van der Waals surface area contributed by atoms with Crippen LogP contribution in [-0.2, 0) is 11.3 Å². The van der Waals surface area contributed by atoms with Gasteiger partial charge in [0.15, 0.2) is 0 Å². The van der Waals surface area contributed by atoms with Crippen LogP contribution in [0.2, 0.25) is 5.02 Å². The maximum Gasteiger partial charge on any atom is 0.294 e.